The Balaban J connectivity index is 1.84. The number of urea groups is 1. The molecule has 1 aliphatic heterocycles. The second-order valence-electron chi connectivity index (χ2n) is 5.22. The zero-order valence-corrected chi connectivity index (χ0v) is 12.5. The number of carbonyl (C=O) groups is 2. The van der Waals surface area contributed by atoms with Gasteiger partial charge in [0.05, 0.1) is 12.8 Å². The summed E-state index contributed by atoms with van der Waals surface area (Å²) < 4.78 is 5.22. The largest absolute Gasteiger partial charge is 0.508 e. The van der Waals surface area contributed by atoms with E-state index in [0.717, 1.165) is 10.5 Å². The van der Waals surface area contributed by atoms with E-state index < -0.39 is 12.1 Å². The third kappa shape index (κ3) is 2.83. The van der Waals surface area contributed by atoms with Crippen molar-refractivity contribution in [1.29, 1.82) is 0 Å². The molecule has 0 aliphatic carbocycles. The summed E-state index contributed by atoms with van der Waals surface area (Å²) >= 11 is 0. The number of rotatable bonds is 4. The van der Waals surface area contributed by atoms with Gasteiger partial charge in [-0.3, -0.25) is 4.79 Å². The number of anilines is 1. The fourth-order valence-electron chi connectivity index (χ4n) is 2.58. The number of nitrogens with one attached hydrogen (secondary N) is 1. The predicted molar refractivity (Wildman–Crippen MR) is 84.6 cm³/mol. The van der Waals surface area contributed by atoms with Gasteiger partial charge >= 0.3 is 6.03 Å². The van der Waals surface area contributed by atoms with Crippen molar-refractivity contribution in [2.45, 2.75) is 12.5 Å². The lowest BCUT2D eigenvalue weighted by Gasteiger charge is -2.16. The number of amides is 3. The Labute approximate surface area is 133 Å². The molecule has 6 nitrogen and oxygen atoms in total. The maximum Gasteiger partial charge on any atom is 0.329 e. The van der Waals surface area contributed by atoms with Gasteiger partial charge in [-0.1, -0.05) is 24.3 Å². The first-order valence-electron chi connectivity index (χ1n) is 7.15. The van der Waals surface area contributed by atoms with Gasteiger partial charge < -0.3 is 15.2 Å². The number of ether oxygens (including phenoxy) is 1. The fourth-order valence-corrected chi connectivity index (χ4v) is 2.58. The average Bonchev–Trinajstić information content (AvgIpc) is 2.83. The number of hydrogen-bond donors (Lipinski definition) is 2. The number of phenolic OH excluding ortho intramolecular Hbond substituents is 1. The van der Waals surface area contributed by atoms with Gasteiger partial charge in [-0.15, -0.1) is 0 Å². The third-order valence-corrected chi connectivity index (χ3v) is 3.72. The number of hydrogen-bond acceptors (Lipinski definition) is 4. The highest BCUT2D eigenvalue weighted by Gasteiger charge is 2.40. The van der Waals surface area contributed by atoms with Crippen molar-refractivity contribution in [3.05, 3.63) is 54.1 Å². The van der Waals surface area contributed by atoms with Crippen LogP contribution in [0.1, 0.15) is 5.56 Å². The van der Waals surface area contributed by atoms with Crippen LogP contribution in [0.3, 0.4) is 0 Å². The molecule has 2 aromatic carbocycles. The Morgan fingerprint density at radius 2 is 1.83 bits per heavy atom. The van der Waals surface area contributed by atoms with E-state index in [4.69, 9.17) is 4.74 Å². The van der Waals surface area contributed by atoms with Gasteiger partial charge in [0.25, 0.3) is 5.91 Å². The lowest BCUT2D eigenvalue weighted by atomic mass is 10.1. The molecule has 0 radical (unpaired) electrons. The van der Waals surface area contributed by atoms with E-state index in [1.807, 2.05) is 0 Å². The molecular formula is C17H16N2O4. The third-order valence-electron chi connectivity index (χ3n) is 3.72. The summed E-state index contributed by atoms with van der Waals surface area (Å²) in [6.45, 7) is 0. The topological polar surface area (TPSA) is 78.9 Å². The Kier molecular flexibility index (Phi) is 3.89. The van der Waals surface area contributed by atoms with Crippen LogP contribution in [0.4, 0.5) is 10.5 Å². The molecule has 0 spiro atoms. The van der Waals surface area contributed by atoms with Crippen molar-refractivity contribution in [3.8, 4) is 11.5 Å². The minimum atomic E-state index is -0.642. The number of methoxy groups -OCH3 is 1. The smallest absolute Gasteiger partial charge is 0.329 e. The number of carbonyl (C=O) groups excluding carboxylic acids is 2. The summed E-state index contributed by atoms with van der Waals surface area (Å²) in [5.41, 5.74) is 1.27. The molecule has 6 heteroatoms. The van der Waals surface area contributed by atoms with Crippen LogP contribution in [0.15, 0.2) is 48.5 Å². The Bertz CT molecular complexity index is 743. The van der Waals surface area contributed by atoms with Crippen LogP contribution in [0, 0.1) is 0 Å². The number of phenols is 1. The highest BCUT2D eigenvalue weighted by molar-refractivity contribution is 6.22. The fraction of sp³-hybridized carbons (Fsp3) is 0.176. The molecule has 0 saturated carbocycles. The molecule has 2 aromatic rings. The van der Waals surface area contributed by atoms with Crippen molar-refractivity contribution in [2.75, 3.05) is 12.0 Å². The Morgan fingerprint density at radius 1 is 1.13 bits per heavy atom. The molecule has 1 atom stereocenters. The zero-order chi connectivity index (χ0) is 16.4. The van der Waals surface area contributed by atoms with Crippen LogP contribution in [0.25, 0.3) is 0 Å². The van der Waals surface area contributed by atoms with Crippen LogP contribution >= 0.6 is 0 Å². The number of para-hydroxylation sites is 2. The number of imide groups is 1. The van der Waals surface area contributed by atoms with Gasteiger partial charge in [-0.2, -0.15) is 0 Å². The maximum atomic E-state index is 12.6. The molecular weight excluding hydrogens is 296 g/mol. The van der Waals surface area contributed by atoms with Crippen LogP contribution in [0.2, 0.25) is 0 Å². The molecule has 1 fully saturated rings. The summed E-state index contributed by atoms with van der Waals surface area (Å²) in [5.74, 6) is 0.292. The number of nitrogens with zero attached hydrogens (tertiary/aromatic N) is 1. The van der Waals surface area contributed by atoms with Gasteiger partial charge in [0, 0.05) is 6.42 Å². The summed E-state index contributed by atoms with van der Waals surface area (Å²) in [5, 5.41) is 12.0. The molecule has 0 aromatic heterocycles. The van der Waals surface area contributed by atoms with E-state index in [-0.39, 0.29) is 11.7 Å². The van der Waals surface area contributed by atoms with E-state index in [9.17, 15) is 14.7 Å². The molecule has 3 rings (SSSR count). The van der Waals surface area contributed by atoms with Crippen molar-refractivity contribution < 1.29 is 19.4 Å². The van der Waals surface area contributed by atoms with Crippen LogP contribution < -0.4 is 15.0 Å². The van der Waals surface area contributed by atoms with Gasteiger partial charge in [-0.25, -0.2) is 9.69 Å². The number of aromatic hydroxyl groups is 1. The average molecular weight is 312 g/mol. The van der Waals surface area contributed by atoms with Gasteiger partial charge in [-0.05, 0) is 29.8 Å². The van der Waals surface area contributed by atoms with Gasteiger partial charge in [0.2, 0.25) is 0 Å². The summed E-state index contributed by atoms with van der Waals surface area (Å²) in [6, 6.07) is 12.3. The standard InChI is InChI=1S/C17H16N2O4/c1-23-15-5-3-2-4-14(15)19-16(21)13(18-17(19)22)10-11-6-8-12(20)9-7-11/h2-9,13,20H,10H2,1H3,(H,18,22). The van der Waals surface area contributed by atoms with E-state index in [2.05, 4.69) is 5.32 Å². The molecule has 23 heavy (non-hydrogen) atoms. The molecule has 3 amide bonds. The minimum Gasteiger partial charge on any atom is -0.508 e. The molecule has 2 N–H and O–H groups in total. The molecule has 0 bridgehead atoms. The lowest BCUT2D eigenvalue weighted by Crippen LogP contribution is -2.32. The van der Waals surface area contributed by atoms with E-state index in [1.165, 1.54) is 7.11 Å². The van der Waals surface area contributed by atoms with Crippen molar-refractivity contribution in [3.63, 3.8) is 0 Å². The second-order valence-corrected chi connectivity index (χ2v) is 5.22. The Hall–Kier alpha value is -3.02. The molecule has 1 saturated heterocycles. The molecule has 1 unspecified atom stereocenters. The highest BCUT2D eigenvalue weighted by Crippen LogP contribution is 2.30. The van der Waals surface area contributed by atoms with E-state index >= 15 is 0 Å². The summed E-state index contributed by atoms with van der Waals surface area (Å²) in [7, 11) is 1.49. The molecule has 1 aliphatic rings. The van der Waals surface area contributed by atoms with Crippen molar-refractivity contribution >= 4 is 17.6 Å². The lowest BCUT2D eigenvalue weighted by molar-refractivity contribution is -0.118. The second kappa shape index (κ2) is 6.00. The van der Waals surface area contributed by atoms with E-state index in [0.29, 0.717) is 17.9 Å². The van der Waals surface area contributed by atoms with Gasteiger partial charge in [0.15, 0.2) is 0 Å². The van der Waals surface area contributed by atoms with Crippen LogP contribution in [-0.4, -0.2) is 30.2 Å². The SMILES string of the molecule is COc1ccccc1N1C(=O)NC(Cc2ccc(O)cc2)C1=O. The first-order chi connectivity index (χ1) is 11.1. The maximum absolute atomic E-state index is 12.6. The van der Waals surface area contributed by atoms with E-state index in [1.54, 1.807) is 48.5 Å². The van der Waals surface area contributed by atoms with Gasteiger partial charge in [0.1, 0.15) is 17.5 Å². The predicted octanol–water partition coefficient (Wildman–Crippen LogP) is 2.07. The first kappa shape index (κ1) is 14.9. The Morgan fingerprint density at radius 3 is 2.52 bits per heavy atom. The molecule has 1 heterocycles. The zero-order valence-electron chi connectivity index (χ0n) is 12.5. The normalized spacial score (nSPS) is 17.3. The highest BCUT2D eigenvalue weighted by atomic mass is 16.5. The summed E-state index contributed by atoms with van der Waals surface area (Å²) in [4.78, 5) is 25.9. The van der Waals surface area contributed by atoms with Crippen LogP contribution in [-0.2, 0) is 11.2 Å². The number of benzene rings is 2. The first-order valence-corrected chi connectivity index (χ1v) is 7.15. The monoisotopic (exact) mass is 312 g/mol. The van der Waals surface area contributed by atoms with Crippen LogP contribution in [0.5, 0.6) is 11.5 Å². The van der Waals surface area contributed by atoms with Crippen molar-refractivity contribution in [1.82, 2.24) is 5.32 Å². The summed E-state index contributed by atoms with van der Waals surface area (Å²) in [6.07, 6.45) is 0.358. The quantitative estimate of drug-likeness (QED) is 0.847. The molecule has 118 valence electrons. The minimum absolute atomic E-state index is 0.159. The van der Waals surface area contributed by atoms with Crippen molar-refractivity contribution in [2.24, 2.45) is 0 Å².